The van der Waals surface area contributed by atoms with Crippen molar-refractivity contribution in [2.24, 2.45) is 4.99 Å². The lowest BCUT2D eigenvalue weighted by molar-refractivity contribution is 0.0997. The predicted molar refractivity (Wildman–Crippen MR) is 143 cm³/mol. The predicted octanol–water partition coefficient (Wildman–Crippen LogP) is 3.32. The zero-order valence-electron chi connectivity index (χ0n) is 20.4. The van der Waals surface area contributed by atoms with E-state index >= 15 is 0 Å². The van der Waals surface area contributed by atoms with Crippen LogP contribution < -0.4 is 9.11 Å². The number of carbonyl (C=O) groups is 1. The third-order valence-corrected chi connectivity index (χ3v) is 9.63. The number of sulfone groups is 1. The number of hydrogen-bond acceptors (Lipinski definition) is 7. The number of thiazole rings is 1. The van der Waals surface area contributed by atoms with Gasteiger partial charge in [-0.2, -0.15) is 4.99 Å². The van der Waals surface area contributed by atoms with Crippen LogP contribution in [-0.4, -0.2) is 54.3 Å². The van der Waals surface area contributed by atoms with E-state index in [1.165, 1.54) is 53.0 Å². The zero-order valence-corrected chi connectivity index (χ0v) is 22.8. The van der Waals surface area contributed by atoms with Gasteiger partial charge in [-0.1, -0.05) is 29.5 Å². The summed E-state index contributed by atoms with van der Waals surface area (Å²) in [5.41, 5.74) is 1.46. The monoisotopic (exact) mass is 559 g/mol. The Labute approximate surface area is 219 Å². The van der Waals surface area contributed by atoms with Crippen molar-refractivity contribution in [1.29, 1.82) is 0 Å². The summed E-state index contributed by atoms with van der Waals surface area (Å²) in [6, 6.07) is 19.0. The Bertz CT molecular complexity index is 1720. The van der Waals surface area contributed by atoms with Gasteiger partial charge in [-0.15, -0.1) is 0 Å². The summed E-state index contributed by atoms with van der Waals surface area (Å²) in [7, 11) is -4.19. The summed E-state index contributed by atoms with van der Waals surface area (Å²) >= 11 is 1.19. The molecule has 4 rings (SSSR count). The van der Waals surface area contributed by atoms with Gasteiger partial charge in [0.1, 0.15) is 0 Å². The first-order valence-electron chi connectivity index (χ1n) is 11.1. The van der Waals surface area contributed by atoms with E-state index in [1.54, 1.807) is 54.1 Å². The van der Waals surface area contributed by atoms with Crippen LogP contribution in [0.15, 0.2) is 87.6 Å². The van der Waals surface area contributed by atoms with Gasteiger partial charge < -0.3 is 9.30 Å². The standard InChI is InChI=1S/C25H25N3O6S3/c1-27(19-7-5-4-6-8-19)37(32,33)20-11-9-18(10-12-20)24(29)26-25-28(15-16-34-2)22-14-13-21(36(3,30)31)17-23(22)35-25/h4-14,17H,15-16H2,1-3H3. The molecule has 3 aromatic carbocycles. The molecule has 0 bridgehead atoms. The first-order valence-corrected chi connectivity index (χ1v) is 15.2. The van der Waals surface area contributed by atoms with Gasteiger partial charge in [0.05, 0.1) is 32.3 Å². The average molecular weight is 560 g/mol. The van der Waals surface area contributed by atoms with Gasteiger partial charge in [-0.3, -0.25) is 9.10 Å². The van der Waals surface area contributed by atoms with Crippen molar-refractivity contribution in [1.82, 2.24) is 4.57 Å². The normalized spacial score (nSPS) is 12.7. The fourth-order valence-electron chi connectivity index (χ4n) is 3.62. The molecule has 0 aliphatic rings. The number of sulfonamides is 1. The molecule has 37 heavy (non-hydrogen) atoms. The number of para-hydroxylation sites is 1. The molecule has 0 saturated heterocycles. The lowest BCUT2D eigenvalue weighted by atomic mass is 10.2. The van der Waals surface area contributed by atoms with Crippen LogP contribution in [0.4, 0.5) is 5.69 Å². The molecule has 0 aliphatic heterocycles. The summed E-state index contributed by atoms with van der Waals surface area (Å²) < 4.78 is 58.8. The second kappa shape index (κ2) is 10.6. The lowest BCUT2D eigenvalue weighted by Crippen LogP contribution is -2.26. The maximum atomic E-state index is 13.0. The molecule has 0 atom stereocenters. The summed E-state index contributed by atoms with van der Waals surface area (Å²) in [6.07, 6.45) is 1.14. The molecule has 0 spiro atoms. The number of fused-ring (bicyclic) bond motifs is 1. The molecule has 0 fully saturated rings. The van der Waals surface area contributed by atoms with Gasteiger partial charge in [0.15, 0.2) is 14.6 Å². The molecule has 1 amide bonds. The average Bonchev–Trinajstić information content (AvgIpc) is 3.23. The Kier molecular flexibility index (Phi) is 7.64. The molecule has 194 valence electrons. The van der Waals surface area contributed by atoms with Gasteiger partial charge in [0, 0.05) is 32.5 Å². The van der Waals surface area contributed by atoms with E-state index in [0.717, 1.165) is 11.8 Å². The molecule has 1 aromatic heterocycles. The molecular weight excluding hydrogens is 534 g/mol. The molecular formula is C25H25N3O6S3. The molecule has 0 saturated carbocycles. The first-order chi connectivity index (χ1) is 17.5. The minimum absolute atomic E-state index is 0.0423. The van der Waals surface area contributed by atoms with Crippen molar-refractivity contribution in [3.63, 3.8) is 0 Å². The number of rotatable bonds is 8. The van der Waals surface area contributed by atoms with Crippen molar-refractivity contribution in [3.8, 4) is 0 Å². The topological polar surface area (TPSA) is 115 Å². The minimum atomic E-state index is -3.82. The molecule has 1 heterocycles. The van der Waals surface area contributed by atoms with E-state index in [2.05, 4.69) is 4.99 Å². The Morgan fingerprint density at radius 3 is 2.24 bits per heavy atom. The largest absolute Gasteiger partial charge is 0.383 e. The summed E-state index contributed by atoms with van der Waals surface area (Å²) in [4.78, 5) is 17.9. The fraction of sp³-hybridized carbons (Fsp3) is 0.200. The van der Waals surface area contributed by atoms with E-state index in [9.17, 15) is 21.6 Å². The van der Waals surface area contributed by atoms with Crippen molar-refractivity contribution >= 4 is 53.0 Å². The number of methoxy groups -OCH3 is 1. The minimum Gasteiger partial charge on any atom is -0.383 e. The van der Waals surface area contributed by atoms with Gasteiger partial charge in [-0.25, -0.2) is 16.8 Å². The summed E-state index contributed by atoms with van der Waals surface area (Å²) in [5, 5.41) is 0. The third-order valence-electron chi connectivity index (χ3n) is 5.68. The molecule has 9 nitrogen and oxygen atoms in total. The number of benzene rings is 3. The highest BCUT2D eigenvalue weighted by Gasteiger charge is 2.21. The highest BCUT2D eigenvalue weighted by atomic mass is 32.2. The number of carbonyl (C=O) groups excluding carboxylic acids is 1. The SMILES string of the molecule is COCCn1c(=NC(=O)c2ccc(S(=O)(=O)N(C)c3ccccc3)cc2)sc2cc(S(C)(=O)=O)ccc21. The van der Waals surface area contributed by atoms with E-state index in [1.807, 2.05) is 0 Å². The van der Waals surface area contributed by atoms with Crippen LogP contribution in [0, 0.1) is 0 Å². The number of ether oxygens (including phenoxy) is 1. The molecule has 12 heteroatoms. The van der Waals surface area contributed by atoms with Crippen LogP contribution in [0.5, 0.6) is 0 Å². The van der Waals surface area contributed by atoms with Crippen molar-refractivity contribution < 1.29 is 26.4 Å². The number of amides is 1. The number of anilines is 1. The fourth-order valence-corrected chi connectivity index (χ4v) is 6.63. The van der Waals surface area contributed by atoms with Crippen molar-refractivity contribution in [2.75, 3.05) is 31.3 Å². The van der Waals surface area contributed by atoms with E-state index in [0.29, 0.717) is 28.3 Å². The molecule has 0 N–H and O–H groups in total. The maximum absolute atomic E-state index is 13.0. The number of hydrogen-bond donors (Lipinski definition) is 0. The maximum Gasteiger partial charge on any atom is 0.279 e. The Hall–Kier alpha value is -3.32. The van der Waals surface area contributed by atoms with Gasteiger partial charge in [-0.05, 0) is 54.6 Å². The van der Waals surface area contributed by atoms with Crippen LogP contribution in [-0.2, 0) is 31.1 Å². The van der Waals surface area contributed by atoms with E-state index in [4.69, 9.17) is 4.74 Å². The van der Waals surface area contributed by atoms with Crippen LogP contribution in [0.3, 0.4) is 0 Å². The Morgan fingerprint density at radius 2 is 1.62 bits per heavy atom. The van der Waals surface area contributed by atoms with Gasteiger partial charge in [0.2, 0.25) is 0 Å². The van der Waals surface area contributed by atoms with Crippen LogP contribution >= 0.6 is 11.3 Å². The molecule has 0 unspecified atom stereocenters. The summed E-state index contributed by atoms with van der Waals surface area (Å²) in [6.45, 7) is 0.770. The van der Waals surface area contributed by atoms with E-state index < -0.39 is 25.8 Å². The lowest BCUT2D eigenvalue weighted by Gasteiger charge is -2.19. The Morgan fingerprint density at radius 1 is 0.973 bits per heavy atom. The molecule has 0 aliphatic carbocycles. The zero-order chi connectivity index (χ0) is 26.8. The molecule has 4 aromatic rings. The third kappa shape index (κ3) is 5.67. The van der Waals surface area contributed by atoms with Crippen molar-refractivity contribution in [2.45, 2.75) is 16.3 Å². The first kappa shape index (κ1) is 26.7. The smallest absolute Gasteiger partial charge is 0.279 e. The number of nitrogens with zero attached hydrogens (tertiary/aromatic N) is 3. The van der Waals surface area contributed by atoms with Gasteiger partial charge >= 0.3 is 0 Å². The molecule has 0 radical (unpaired) electrons. The Balaban J connectivity index is 1.69. The van der Waals surface area contributed by atoms with Crippen LogP contribution in [0.2, 0.25) is 0 Å². The second-order valence-corrected chi connectivity index (χ2v) is 13.2. The second-order valence-electron chi connectivity index (χ2n) is 8.18. The highest BCUT2D eigenvalue weighted by molar-refractivity contribution is 7.92. The quantitative estimate of drug-likeness (QED) is 0.327. The van der Waals surface area contributed by atoms with Crippen LogP contribution in [0.25, 0.3) is 10.2 Å². The van der Waals surface area contributed by atoms with Crippen molar-refractivity contribution in [3.05, 3.63) is 83.2 Å². The highest BCUT2D eigenvalue weighted by Crippen LogP contribution is 2.23. The van der Waals surface area contributed by atoms with Gasteiger partial charge in [0.25, 0.3) is 15.9 Å². The van der Waals surface area contributed by atoms with Crippen LogP contribution in [0.1, 0.15) is 10.4 Å². The summed E-state index contributed by atoms with van der Waals surface area (Å²) in [5.74, 6) is -0.554. The van der Waals surface area contributed by atoms with E-state index in [-0.39, 0.29) is 15.4 Å². The number of aromatic nitrogens is 1.